The lowest BCUT2D eigenvalue weighted by Crippen LogP contribution is -2.25. The number of amides is 1. The first kappa shape index (κ1) is 22.4. The average molecular weight is 475 g/mol. The molecule has 6 nitrogen and oxygen atoms in total. The molecule has 0 saturated carbocycles. The molecule has 0 radical (unpaired) electrons. The Hall–Kier alpha value is -3.35. The number of rotatable bonds is 8. The van der Waals surface area contributed by atoms with E-state index in [2.05, 4.69) is 15.3 Å². The number of likely N-dealkylation sites (tertiary alicyclic amines) is 1. The van der Waals surface area contributed by atoms with Gasteiger partial charge in [-0.3, -0.25) is 14.4 Å². The van der Waals surface area contributed by atoms with Gasteiger partial charge in [0.15, 0.2) is 0 Å². The van der Waals surface area contributed by atoms with Crippen LogP contribution in [0.1, 0.15) is 12.0 Å². The highest BCUT2D eigenvalue weighted by atomic mass is 35.5. The molecule has 0 aliphatic carbocycles. The molecule has 3 aromatic carbocycles. The molecule has 2 heterocycles. The van der Waals surface area contributed by atoms with Crippen LogP contribution in [-0.2, 0) is 17.8 Å². The van der Waals surface area contributed by atoms with Gasteiger partial charge < -0.3 is 10.1 Å². The van der Waals surface area contributed by atoms with Gasteiger partial charge in [-0.1, -0.05) is 36.4 Å². The lowest BCUT2D eigenvalue weighted by atomic mass is 10.1. The average Bonchev–Trinajstić information content (AvgIpc) is 3.46. The first-order valence-corrected chi connectivity index (χ1v) is 12.0. The van der Waals surface area contributed by atoms with Crippen molar-refractivity contribution in [1.29, 1.82) is 0 Å². The molecule has 1 atom stereocenters. The normalized spacial score (nSPS) is 16.1. The highest BCUT2D eigenvalue weighted by Crippen LogP contribution is 2.25. The fraction of sp³-hybridized carbons (Fsp3) is 0.259. The topological polar surface area (TPSA) is 59.4 Å². The molecule has 1 amide bonds. The van der Waals surface area contributed by atoms with E-state index in [1.807, 2.05) is 83.7 Å². The van der Waals surface area contributed by atoms with Crippen LogP contribution in [0.5, 0.6) is 11.5 Å². The molecule has 7 heteroatoms. The second-order valence-corrected chi connectivity index (χ2v) is 9.19. The zero-order chi connectivity index (χ0) is 23.3. The van der Waals surface area contributed by atoms with Crippen LogP contribution in [-0.4, -0.2) is 45.6 Å². The smallest absolute Gasteiger partial charge is 0.228 e. The number of hydrogen-bond donors (Lipinski definition) is 1. The Balaban J connectivity index is 1.20. The van der Waals surface area contributed by atoms with Crippen LogP contribution in [0, 0.1) is 0 Å². The quantitative estimate of drug-likeness (QED) is 0.351. The van der Waals surface area contributed by atoms with E-state index in [4.69, 9.17) is 16.3 Å². The van der Waals surface area contributed by atoms with Crippen molar-refractivity contribution < 1.29 is 9.53 Å². The molecule has 5 rings (SSSR count). The maximum absolute atomic E-state index is 12.7. The van der Waals surface area contributed by atoms with E-state index >= 15 is 0 Å². The summed E-state index contributed by atoms with van der Waals surface area (Å²) in [5.41, 5.74) is 2.71. The predicted octanol–water partition coefficient (Wildman–Crippen LogP) is 5.32. The van der Waals surface area contributed by atoms with E-state index in [-0.39, 0.29) is 17.7 Å². The van der Waals surface area contributed by atoms with Crippen molar-refractivity contribution in [2.45, 2.75) is 24.8 Å². The first-order valence-electron chi connectivity index (χ1n) is 11.6. The number of carbonyl (C=O) groups is 1. The molecule has 4 aromatic rings. The third-order valence-corrected chi connectivity index (χ3v) is 6.43. The number of hydrogen-bond acceptors (Lipinski definition) is 4. The van der Waals surface area contributed by atoms with Crippen LogP contribution < -0.4 is 10.1 Å². The molecular formula is C27H27ClN4O2. The summed E-state index contributed by atoms with van der Waals surface area (Å²) in [6.07, 6.45) is 3.15. The number of halogens is 1. The van der Waals surface area contributed by atoms with Gasteiger partial charge in [-0.2, -0.15) is 5.10 Å². The Morgan fingerprint density at radius 1 is 1.00 bits per heavy atom. The third-order valence-electron chi connectivity index (χ3n) is 6.07. The Morgan fingerprint density at radius 2 is 1.79 bits per heavy atom. The summed E-state index contributed by atoms with van der Waals surface area (Å²) in [5, 5.41) is 8.81. The monoisotopic (exact) mass is 474 g/mol. The van der Waals surface area contributed by atoms with Gasteiger partial charge in [0.2, 0.25) is 5.91 Å². The Morgan fingerprint density at radius 3 is 2.56 bits per heavy atom. The van der Waals surface area contributed by atoms with Gasteiger partial charge in [0, 0.05) is 23.9 Å². The largest absolute Gasteiger partial charge is 0.457 e. The number of nitrogens with zero attached hydrogens (tertiary/aromatic N) is 3. The molecule has 0 spiro atoms. The van der Waals surface area contributed by atoms with E-state index in [9.17, 15) is 4.79 Å². The number of alkyl halides is 1. The third kappa shape index (κ3) is 5.41. The number of ether oxygens (including phenoxy) is 1. The summed E-state index contributed by atoms with van der Waals surface area (Å²) in [7, 11) is 0. The van der Waals surface area contributed by atoms with Gasteiger partial charge >= 0.3 is 0 Å². The molecule has 174 valence electrons. The molecule has 1 unspecified atom stereocenters. The fourth-order valence-electron chi connectivity index (χ4n) is 4.29. The SMILES string of the molecule is O=C(Cc1ccc(Oc2ccccc2)cc1)Nc1cccc2c1cnn2CCN1CCC(Cl)C1. The summed E-state index contributed by atoms with van der Waals surface area (Å²) in [4.78, 5) is 15.1. The van der Waals surface area contributed by atoms with Crippen molar-refractivity contribution in [2.24, 2.45) is 0 Å². The van der Waals surface area contributed by atoms with Gasteiger partial charge in [-0.15, -0.1) is 11.6 Å². The summed E-state index contributed by atoms with van der Waals surface area (Å²) in [6, 6.07) is 23.1. The molecule has 1 aliphatic rings. The molecule has 1 aliphatic heterocycles. The van der Waals surface area contributed by atoms with Crippen molar-refractivity contribution in [3.63, 3.8) is 0 Å². The van der Waals surface area contributed by atoms with E-state index in [0.29, 0.717) is 0 Å². The van der Waals surface area contributed by atoms with Crippen LogP contribution in [0.15, 0.2) is 79.0 Å². The van der Waals surface area contributed by atoms with Gasteiger partial charge in [-0.25, -0.2) is 0 Å². The van der Waals surface area contributed by atoms with Crippen LogP contribution >= 0.6 is 11.6 Å². The maximum atomic E-state index is 12.7. The number of nitrogens with one attached hydrogen (secondary N) is 1. The zero-order valence-corrected chi connectivity index (χ0v) is 19.6. The minimum atomic E-state index is -0.0674. The number of fused-ring (bicyclic) bond motifs is 1. The first-order chi connectivity index (χ1) is 16.6. The highest BCUT2D eigenvalue weighted by Gasteiger charge is 2.20. The fourth-order valence-corrected chi connectivity index (χ4v) is 4.59. The highest BCUT2D eigenvalue weighted by molar-refractivity contribution is 6.20. The van der Waals surface area contributed by atoms with Crippen LogP contribution in [0.3, 0.4) is 0 Å². The van der Waals surface area contributed by atoms with Crippen molar-refractivity contribution >= 4 is 34.1 Å². The number of benzene rings is 3. The Bertz CT molecular complexity index is 1260. The lowest BCUT2D eigenvalue weighted by Gasteiger charge is -2.15. The molecule has 1 fully saturated rings. The molecular weight excluding hydrogens is 448 g/mol. The Labute approximate surface area is 204 Å². The summed E-state index contributed by atoms with van der Waals surface area (Å²) >= 11 is 6.22. The zero-order valence-electron chi connectivity index (χ0n) is 18.9. The van der Waals surface area contributed by atoms with E-state index < -0.39 is 0 Å². The minimum absolute atomic E-state index is 0.0674. The number of carbonyl (C=O) groups excluding carboxylic acids is 1. The van der Waals surface area contributed by atoms with Crippen molar-refractivity contribution in [2.75, 3.05) is 25.0 Å². The van der Waals surface area contributed by atoms with Gasteiger partial charge in [-0.05, 0) is 54.9 Å². The lowest BCUT2D eigenvalue weighted by molar-refractivity contribution is -0.115. The standard InChI is InChI=1S/C27H27ClN4O2/c28-21-13-14-31(19-21)15-16-32-26-8-4-7-25(24(26)18-29-32)30-27(33)17-20-9-11-23(12-10-20)34-22-5-2-1-3-6-22/h1-12,18,21H,13-17,19H2,(H,30,33). The van der Waals surface area contributed by atoms with Crippen molar-refractivity contribution in [3.8, 4) is 11.5 Å². The number of aromatic nitrogens is 2. The van der Waals surface area contributed by atoms with Crippen LogP contribution in [0.4, 0.5) is 5.69 Å². The maximum Gasteiger partial charge on any atom is 0.228 e. The number of para-hydroxylation sites is 1. The van der Waals surface area contributed by atoms with Crippen molar-refractivity contribution in [3.05, 3.63) is 84.6 Å². The summed E-state index contributed by atoms with van der Waals surface area (Å²) in [6.45, 7) is 3.68. The molecule has 34 heavy (non-hydrogen) atoms. The number of anilines is 1. The van der Waals surface area contributed by atoms with E-state index in [1.54, 1.807) is 0 Å². The minimum Gasteiger partial charge on any atom is -0.457 e. The molecule has 1 N–H and O–H groups in total. The van der Waals surface area contributed by atoms with Crippen LogP contribution in [0.25, 0.3) is 10.9 Å². The summed E-state index contributed by atoms with van der Waals surface area (Å²) in [5.74, 6) is 1.45. The van der Waals surface area contributed by atoms with Gasteiger partial charge in [0.1, 0.15) is 11.5 Å². The second kappa shape index (κ2) is 10.3. The Kier molecular flexibility index (Phi) is 6.79. The van der Waals surface area contributed by atoms with E-state index in [1.165, 1.54) is 0 Å². The van der Waals surface area contributed by atoms with Gasteiger partial charge in [0.05, 0.1) is 30.4 Å². The summed E-state index contributed by atoms with van der Waals surface area (Å²) < 4.78 is 7.82. The molecule has 0 bridgehead atoms. The predicted molar refractivity (Wildman–Crippen MR) is 136 cm³/mol. The van der Waals surface area contributed by atoms with E-state index in [0.717, 1.165) is 66.3 Å². The molecule has 1 saturated heterocycles. The molecule has 1 aromatic heterocycles. The van der Waals surface area contributed by atoms with Crippen LogP contribution in [0.2, 0.25) is 0 Å². The second-order valence-electron chi connectivity index (χ2n) is 8.58. The van der Waals surface area contributed by atoms with Crippen molar-refractivity contribution in [1.82, 2.24) is 14.7 Å². The van der Waals surface area contributed by atoms with Gasteiger partial charge in [0.25, 0.3) is 0 Å².